The van der Waals surface area contributed by atoms with Crippen molar-refractivity contribution in [3.63, 3.8) is 0 Å². The molecule has 0 atom stereocenters. The Balaban J connectivity index is 1.49. The molecular weight excluding hydrogens is 333 g/mol. The number of aryl methyl sites for hydroxylation is 2. The molecule has 26 heavy (non-hydrogen) atoms. The van der Waals surface area contributed by atoms with E-state index >= 15 is 0 Å². The van der Waals surface area contributed by atoms with E-state index in [2.05, 4.69) is 4.98 Å². The van der Waals surface area contributed by atoms with Gasteiger partial charge in [-0.05, 0) is 19.1 Å². The molecule has 2 aromatic carbocycles. The highest BCUT2D eigenvalue weighted by molar-refractivity contribution is 5.94. The predicted molar refractivity (Wildman–Crippen MR) is 98.0 cm³/mol. The summed E-state index contributed by atoms with van der Waals surface area (Å²) in [4.78, 5) is 20.5. The summed E-state index contributed by atoms with van der Waals surface area (Å²) >= 11 is 0. The molecule has 1 amide bonds. The maximum atomic E-state index is 14.5. The van der Waals surface area contributed by atoms with Gasteiger partial charge in [-0.25, -0.2) is 9.37 Å². The maximum Gasteiger partial charge on any atom is 0.253 e. The summed E-state index contributed by atoms with van der Waals surface area (Å²) < 4.78 is 20.0. The number of anilines is 1. The lowest BCUT2D eigenvalue weighted by Crippen LogP contribution is -2.49. The van der Waals surface area contributed by atoms with Gasteiger partial charge in [-0.1, -0.05) is 17.7 Å². The molecule has 0 radical (unpaired) electrons. The molecule has 4 rings (SSSR count). The van der Waals surface area contributed by atoms with Crippen LogP contribution in [0.2, 0.25) is 0 Å². The number of rotatable bonds is 2. The van der Waals surface area contributed by atoms with E-state index in [0.717, 1.165) is 5.56 Å². The van der Waals surface area contributed by atoms with Crippen LogP contribution in [-0.4, -0.2) is 42.0 Å². The molecule has 1 fully saturated rings. The van der Waals surface area contributed by atoms with Crippen molar-refractivity contribution in [1.29, 1.82) is 0 Å². The van der Waals surface area contributed by atoms with Crippen molar-refractivity contribution >= 4 is 22.7 Å². The number of amides is 1. The summed E-state index contributed by atoms with van der Waals surface area (Å²) in [7, 11) is 0. The fraction of sp³-hybridized carbons (Fsp3) is 0.300. The van der Waals surface area contributed by atoms with E-state index in [1.807, 2.05) is 41.0 Å². The molecule has 6 heteroatoms. The van der Waals surface area contributed by atoms with Crippen LogP contribution in [0.1, 0.15) is 21.8 Å². The lowest BCUT2D eigenvalue weighted by Gasteiger charge is -2.36. The number of benzene rings is 2. The van der Waals surface area contributed by atoms with Gasteiger partial charge in [0.1, 0.15) is 11.3 Å². The Bertz CT molecular complexity index is 957. The predicted octanol–water partition coefficient (Wildman–Crippen LogP) is 3.55. The zero-order chi connectivity index (χ0) is 18.3. The summed E-state index contributed by atoms with van der Waals surface area (Å²) in [6.45, 7) is 6.00. The summed E-state index contributed by atoms with van der Waals surface area (Å²) in [5, 5.41) is 0. The van der Waals surface area contributed by atoms with Crippen molar-refractivity contribution in [2.45, 2.75) is 13.8 Å². The van der Waals surface area contributed by atoms with Crippen LogP contribution in [0, 0.1) is 19.7 Å². The highest BCUT2D eigenvalue weighted by atomic mass is 19.1. The number of halogens is 1. The number of hydrogen-bond acceptors (Lipinski definition) is 4. The second-order valence-corrected chi connectivity index (χ2v) is 6.65. The Morgan fingerprint density at radius 1 is 1.08 bits per heavy atom. The van der Waals surface area contributed by atoms with E-state index in [-0.39, 0.29) is 11.7 Å². The fourth-order valence-corrected chi connectivity index (χ4v) is 3.32. The average Bonchev–Trinajstić information content (AvgIpc) is 3.00. The molecule has 0 bridgehead atoms. The van der Waals surface area contributed by atoms with E-state index in [1.165, 1.54) is 6.07 Å². The van der Waals surface area contributed by atoms with Crippen molar-refractivity contribution < 1.29 is 13.6 Å². The maximum absolute atomic E-state index is 14.5. The fourth-order valence-electron chi connectivity index (χ4n) is 3.32. The van der Waals surface area contributed by atoms with Crippen LogP contribution in [0.25, 0.3) is 11.1 Å². The van der Waals surface area contributed by atoms with E-state index in [0.29, 0.717) is 54.4 Å². The third kappa shape index (κ3) is 3.03. The standard InChI is InChI=1S/C20H20FN3O2/c1-13-3-5-15(6-4-13)20(25)24-9-7-23(8-10-24)18-12-19-17(11-16(18)21)22-14(2)26-19/h3-6,11-12H,7-10H2,1-2H3. The van der Waals surface area contributed by atoms with Gasteiger partial charge in [-0.3, -0.25) is 4.79 Å². The van der Waals surface area contributed by atoms with Crippen LogP contribution in [0.4, 0.5) is 10.1 Å². The summed E-state index contributed by atoms with van der Waals surface area (Å²) in [5.41, 5.74) is 3.42. The molecular formula is C20H20FN3O2. The van der Waals surface area contributed by atoms with E-state index < -0.39 is 0 Å². The van der Waals surface area contributed by atoms with E-state index in [4.69, 9.17) is 4.42 Å². The highest BCUT2D eigenvalue weighted by Gasteiger charge is 2.24. The average molecular weight is 353 g/mol. The van der Waals surface area contributed by atoms with Gasteiger partial charge in [0.2, 0.25) is 0 Å². The number of carbonyl (C=O) groups is 1. The Labute approximate surface area is 151 Å². The van der Waals surface area contributed by atoms with Gasteiger partial charge < -0.3 is 14.2 Å². The number of carbonyl (C=O) groups excluding carboxylic acids is 1. The van der Waals surface area contributed by atoms with Gasteiger partial charge in [0.05, 0.1) is 5.69 Å². The highest BCUT2D eigenvalue weighted by Crippen LogP contribution is 2.27. The first-order valence-corrected chi connectivity index (χ1v) is 8.69. The second kappa shape index (κ2) is 6.44. The molecule has 1 aliphatic heterocycles. The Kier molecular flexibility index (Phi) is 4.11. The minimum Gasteiger partial charge on any atom is -0.441 e. The minimum atomic E-state index is -0.316. The third-order valence-corrected chi connectivity index (χ3v) is 4.77. The van der Waals surface area contributed by atoms with Gasteiger partial charge in [0.25, 0.3) is 5.91 Å². The summed E-state index contributed by atoms with van der Waals surface area (Å²) in [6, 6.07) is 10.7. The number of fused-ring (bicyclic) bond motifs is 1. The van der Waals surface area contributed by atoms with Crippen LogP contribution >= 0.6 is 0 Å². The Morgan fingerprint density at radius 3 is 2.46 bits per heavy atom. The lowest BCUT2D eigenvalue weighted by atomic mass is 10.1. The van der Waals surface area contributed by atoms with Crippen LogP contribution in [0.3, 0.4) is 0 Å². The zero-order valence-electron chi connectivity index (χ0n) is 14.8. The van der Waals surface area contributed by atoms with Gasteiger partial charge in [-0.2, -0.15) is 0 Å². The van der Waals surface area contributed by atoms with E-state index in [1.54, 1.807) is 13.0 Å². The third-order valence-electron chi connectivity index (χ3n) is 4.77. The Hall–Kier alpha value is -2.89. The van der Waals surface area contributed by atoms with Crippen LogP contribution in [0.15, 0.2) is 40.8 Å². The second-order valence-electron chi connectivity index (χ2n) is 6.65. The number of hydrogen-bond donors (Lipinski definition) is 0. The first-order chi connectivity index (χ1) is 12.5. The van der Waals surface area contributed by atoms with Crippen molar-refractivity contribution in [2.75, 3.05) is 31.1 Å². The number of piperazine rings is 1. The van der Waals surface area contributed by atoms with Crippen LogP contribution < -0.4 is 4.90 Å². The topological polar surface area (TPSA) is 49.6 Å². The molecule has 1 aliphatic rings. The molecule has 0 spiro atoms. The molecule has 3 aromatic rings. The number of aromatic nitrogens is 1. The monoisotopic (exact) mass is 353 g/mol. The van der Waals surface area contributed by atoms with Gasteiger partial charge in [0, 0.05) is 50.8 Å². The van der Waals surface area contributed by atoms with Crippen molar-refractivity contribution in [1.82, 2.24) is 9.88 Å². The molecule has 2 heterocycles. The minimum absolute atomic E-state index is 0.0198. The van der Waals surface area contributed by atoms with Crippen molar-refractivity contribution in [2.24, 2.45) is 0 Å². The van der Waals surface area contributed by atoms with Crippen molar-refractivity contribution in [3.8, 4) is 0 Å². The van der Waals surface area contributed by atoms with Crippen LogP contribution in [0.5, 0.6) is 0 Å². The first-order valence-electron chi connectivity index (χ1n) is 8.69. The number of oxazole rings is 1. The first kappa shape index (κ1) is 16.6. The normalized spacial score (nSPS) is 14.9. The van der Waals surface area contributed by atoms with Crippen molar-refractivity contribution in [3.05, 3.63) is 59.2 Å². The van der Waals surface area contributed by atoms with Crippen LogP contribution in [-0.2, 0) is 0 Å². The number of nitrogens with zero attached hydrogens (tertiary/aromatic N) is 3. The SMILES string of the molecule is Cc1ccc(C(=O)N2CCN(c3cc4oc(C)nc4cc3F)CC2)cc1. The van der Waals surface area contributed by atoms with Gasteiger partial charge >= 0.3 is 0 Å². The van der Waals surface area contributed by atoms with Gasteiger partial charge in [0.15, 0.2) is 11.5 Å². The smallest absolute Gasteiger partial charge is 0.253 e. The molecule has 5 nitrogen and oxygen atoms in total. The van der Waals surface area contributed by atoms with E-state index in [9.17, 15) is 9.18 Å². The zero-order valence-corrected chi connectivity index (χ0v) is 14.8. The van der Waals surface area contributed by atoms with Gasteiger partial charge in [-0.15, -0.1) is 0 Å². The molecule has 1 saturated heterocycles. The summed E-state index contributed by atoms with van der Waals surface area (Å²) in [6.07, 6.45) is 0. The molecule has 0 N–H and O–H groups in total. The molecule has 0 unspecified atom stereocenters. The molecule has 134 valence electrons. The Morgan fingerprint density at radius 2 is 1.77 bits per heavy atom. The lowest BCUT2D eigenvalue weighted by molar-refractivity contribution is 0.0746. The summed E-state index contributed by atoms with van der Waals surface area (Å²) in [5.74, 6) is 0.223. The molecule has 0 aliphatic carbocycles. The molecule has 0 saturated carbocycles. The largest absolute Gasteiger partial charge is 0.441 e. The molecule has 1 aromatic heterocycles. The quantitative estimate of drug-likeness (QED) is 0.707.